The van der Waals surface area contributed by atoms with Gasteiger partial charge >= 0.3 is 0 Å². The topological polar surface area (TPSA) is 93.7 Å². The first-order valence-electron chi connectivity index (χ1n) is 9.86. The predicted octanol–water partition coefficient (Wildman–Crippen LogP) is 3.19. The van der Waals surface area contributed by atoms with Crippen molar-refractivity contribution in [2.45, 2.75) is 49.8 Å². The summed E-state index contributed by atoms with van der Waals surface area (Å²) in [5, 5.41) is 0. The molecule has 0 saturated heterocycles. The first kappa shape index (κ1) is 20.2. The Hall–Kier alpha value is -2.10. The highest BCUT2D eigenvalue weighted by atomic mass is 32.2. The van der Waals surface area contributed by atoms with Crippen LogP contribution in [-0.2, 0) is 22.9 Å². The molecule has 0 atom stereocenters. The summed E-state index contributed by atoms with van der Waals surface area (Å²) in [7, 11) is -3.94. The number of aryl methyl sites for hydroxylation is 2. The number of carbonyl (C=O) groups excluding carboxylic acids is 1. The number of hydrogen-bond donors (Lipinski definition) is 2. The number of thiophene rings is 1. The molecule has 2 aromatic rings. The van der Waals surface area contributed by atoms with Gasteiger partial charge in [0.15, 0.2) is 11.5 Å². The molecule has 9 heteroatoms. The van der Waals surface area contributed by atoms with Crippen LogP contribution in [0.5, 0.6) is 11.5 Å². The van der Waals surface area contributed by atoms with Gasteiger partial charge in [-0.15, -0.1) is 16.2 Å². The summed E-state index contributed by atoms with van der Waals surface area (Å²) in [4.78, 5) is 16.5. The summed E-state index contributed by atoms with van der Waals surface area (Å²) < 4.78 is 36.3. The van der Waals surface area contributed by atoms with E-state index in [1.807, 2.05) is 6.07 Å². The zero-order valence-electron chi connectivity index (χ0n) is 16.0. The van der Waals surface area contributed by atoms with Crippen LogP contribution < -0.4 is 19.7 Å². The molecule has 1 aromatic heterocycles. The molecule has 1 aromatic carbocycles. The van der Waals surface area contributed by atoms with Crippen LogP contribution in [0.1, 0.15) is 52.2 Å². The van der Waals surface area contributed by atoms with Crippen molar-refractivity contribution in [3.05, 3.63) is 39.6 Å². The summed E-state index contributed by atoms with van der Waals surface area (Å²) in [5.74, 6) is 0.455. The highest BCUT2D eigenvalue weighted by molar-refractivity contribution is 7.89. The van der Waals surface area contributed by atoms with Crippen molar-refractivity contribution >= 4 is 27.3 Å². The molecule has 2 heterocycles. The molecule has 0 radical (unpaired) electrons. The molecule has 0 unspecified atom stereocenters. The van der Waals surface area contributed by atoms with Crippen molar-refractivity contribution in [3.63, 3.8) is 0 Å². The van der Waals surface area contributed by atoms with Crippen molar-refractivity contribution in [3.8, 4) is 11.5 Å². The average Bonchev–Trinajstić information content (AvgIpc) is 2.93. The van der Waals surface area contributed by atoms with Crippen molar-refractivity contribution in [2.24, 2.45) is 0 Å². The van der Waals surface area contributed by atoms with Gasteiger partial charge in [-0.2, -0.15) is 0 Å². The Labute approximate surface area is 174 Å². The highest BCUT2D eigenvalue weighted by Gasteiger charge is 2.21. The third-order valence-corrected chi connectivity index (χ3v) is 7.53. The Morgan fingerprint density at radius 3 is 2.52 bits per heavy atom. The molecule has 7 nitrogen and oxygen atoms in total. The number of amides is 1. The molecule has 156 valence electrons. The van der Waals surface area contributed by atoms with E-state index in [0.717, 1.165) is 32.1 Å². The van der Waals surface area contributed by atoms with E-state index >= 15 is 0 Å². The number of sulfonamides is 1. The van der Waals surface area contributed by atoms with Crippen molar-refractivity contribution < 1.29 is 22.7 Å². The molecule has 0 saturated carbocycles. The number of fused-ring (bicyclic) bond motifs is 2. The largest absolute Gasteiger partial charge is 0.490 e. The van der Waals surface area contributed by atoms with Crippen LogP contribution in [0.25, 0.3) is 0 Å². The summed E-state index contributed by atoms with van der Waals surface area (Å²) in [5.41, 5.74) is 3.55. The zero-order valence-corrected chi connectivity index (χ0v) is 17.7. The Kier molecular flexibility index (Phi) is 6.07. The lowest BCUT2D eigenvalue weighted by molar-refractivity contribution is 0.0949. The lowest BCUT2D eigenvalue weighted by Crippen LogP contribution is -2.41. The molecular formula is C20H24N2O5S2. The van der Waals surface area contributed by atoms with Crippen molar-refractivity contribution in [1.82, 2.24) is 10.3 Å². The Bertz CT molecular complexity index is 975. The van der Waals surface area contributed by atoms with Gasteiger partial charge in [0.25, 0.3) is 15.9 Å². The molecule has 0 spiro atoms. The minimum atomic E-state index is -3.94. The van der Waals surface area contributed by atoms with Crippen LogP contribution in [0.2, 0.25) is 0 Å². The lowest BCUT2D eigenvalue weighted by atomic mass is 10.00. The molecule has 1 aliphatic carbocycles. The van der Waals surface area contributed by atoms with E-state index in [1.165, 1.54) is 46.8 Å². The number of benzene rings is 1. The first-order valence-corrected chi connectivity index (χ1v) is 12.2. The van der Waals surface area contributed by atoms with Crippen LogP contribution in [-0.4, -0.2) is 27.5 Å². The molecule has 0 bridgehead atoms. The molecule has 4 rings (SSSR count). The normalized spacial score (nSPS) is 16.8. The molecule has 0 fully saturated rings. The van der Waals surface area contributed by atoms with Gasteiger partial charge in [0.1, 0.15) is 0 Å². The number of carbonyl (C=O) groups is 1. The summed E-state index contributed by atoms with van der Waals surface area (Å²) in [6.45, 7) is 0.988. The number of rotatable bonds is 4. The molecule has 29 heavy (non-hydrogen) atoms. The molecule has 2 N–H and O–H groups in total. The maximum Gasteiger partial charge on any atom is 0.276 e. The van der Waals surface area contributed by atoms with Crippen molar-refractivity contribution in [2.75, 3.05) is 13.2 Å². The van der Waals surface area contributed by atoms with E-state index in [1.54, 1.807) is 6.07 Å². The van der Waals surface area contributed by atoms with Gasteiger partial charge in [0.05, 0.1) is 23.0 Å². The van der Waals surface area contributed by atoms with Gasteiger partial charge in [0.2, 0.25) is 0 Å². The van der Waals surface area contributed by atoms with E-state index in [4.69, 9.17) is 9.47 Å². The minimum Gasteiger partial charge on any atom is -0.490 e. The molecule has 2 aliphatic rings. The van der Waals surface area contributed by atoms with Crippen molar-refractivity contribution in [1.29, 1.82) is 0 Å². The quantitative estimate of drug-likeness (QED) is 0.718. The first-order chi connectivity index (χ1) is 14.0. The van der Waals surface area contributed by atoms with E-state index in [9.17, 15) is 13.2 Å². The summed E-state index contributed by atoms with van der Waals surface area (Å²) in [6.07, 6.45) is 7.38. The fourth-order valence-corrected chi connectivity index (χ4v) is 5.50. The van der Waals surface area contributed by atoms with Gasteiger partial charge in [-0.1, -0.05) is 12.8 Å². The van der Waals surface area contributed by atoms with Crippen LogP contribution >= 0.6 is 11.3 Å². The fraction of sp³-hybridized carbons (Fsp3) is 0.450. The van der Waals surface area contributed by atoms with E-state index in [2.05, 4.69) is 10.3 Å². The second kappa shape index (κ2) is 8.73. The maximum atomic E-state index is 12.6. The van der Waals surface area contributed by atoms with E-state index < -0.39 is 15.9 Å². The second-order valence-corrected chi connectivity index (χ2v) is 10.0. The third kappa shape index (κ3) is 4.73. The van der Waals surface area contributed by atoms with Gasteiger partial charge in [0, 0.05) is 17.4 Å². The lowest BCUT2D eigenvalue weighted by Gasteiger charge is -2.11. The third-order valence-electron chi connectivity index (χ3n) is 5.05. The van der Waals surface area contributed by atoms with Gasteiger partial charge in [-0.25, -0.2) is 8.42 Å². The number of hydrazine groups is 1. The minimum absolute atomic E-state index is 0.000462. The van der Waals surface area contributed by atoms with Gasteiger partial charge in [-0.05, 0) is 49.4 Å². The maximum absolute atomic E-state index is 12.6. The number of ether oxygens (including phenoxy) is 2. The summed E-state index contributed by atoms with van der Waals surface area (Å²) in [6, 6.07) is 6.30. The Morgan fingerprint density at radius 2 is 1.69 bits per heavy atom. The average molecular weight is 437 g/mol. The van der Waals surface area contributed by atoms with Crippen LogP contribution in [0.4, 0.5) is 0 Å². The monoisotopic (exact) mass is 436 g/mol. The van der Waals surface area contributed by atoms with E-state index in [-0.39, 0.29) is 4.90 Å². The van der Waals surface area contributed by atoms with Crippen LogP contribution in [0, 0.1) is 0 Å². The second-order valence-electron chi connectivity index (χ2n) is 7.19. The SMILES string of the molecule is O=C(NNS(=O)(=O)c1ccc2c(c1)OCCCO2)c1cc2c(s1)CCCCCC2. The van der Waals surface area contributed by atoms with Crippen LogP contribution in [0.15, 0.2) is 29.2 Å². The zero-order chi connectivity index (χ0) is 20.3. The standard InChI is InChI=1S/C20H24N2O5S2/c23-20(19-12-14-6-3-1-2-4-7-18(14)28-19)21-22-29(24,25)15-8-9-16-17(13-15)27-11-5-10-26-16/h8-9,12-13,22H,1-7,10-11H2,(H,21,23). The number of nitrogens with one attached hydrogen (secondary N) is 2. The molecule has 1 aliphatic heterocycles. The van der Waals surface area contributed by atoms with Gasteiger partial charge < -0.3 is 9.47 Å². The van der Waals surface area contributed by atoms with Crippen LogP contribution in [0.3, 0.4) is 0 Å². The highest BCUT2D eigenvalue weighted by Crippen LogP contribution is 2.32. The Morgan fingerprint density at radius 1 is 0.931 bits per heavy atom. The molecular weight excluding hydrogens is 412 g/mol. The smallest absolute Gasteiger partial charge is 0.276 e. The Balaban J connectivity index is 1.45. The summed E-state index contributed by atoms with van der Waals surface area (Å²) >= 11 is 1.45. The fourth-order valence-electron chi connectivity index (χ4n) is 3.50. The van der Waals surface area contributed by atoms with E-state index in [0.29, 0.717) is 29.6 Å². The van der Waals surface area contributed by atoms with Gasteiger partial charge in [-0.3, -0.25) is 10.2 Å². The predicted molar refractivity (Wildman–Crippen MR) is 110 cm³/mol. The number of hydrogen-bond acceptors (Lipinski definition) is 6. The molecule has 1 amide bonds.